The summed E-state index contributed by atoms with van der Waals surface area (Å²) in [4.78, 5) is 3.87. The van der Waals surface area contributed by atoms with Crippen LogP contribution in [-0.2, 0) is 0 Å². The first-order valence-corrected chi connectivity index (χ1v) is 3.32. The molecule has 0 fully saturated rings. The highest BCUT2D eigenvalue weighted by Gasteiger charge is 1.90. The number of aromatic nitrogens is 1. The van der Waals surface area contributed by atoms with Gasteiger partial charge in [0, 0.05) is 11.6 Å². The largest absolute Gasteiger partial charge is 0.458 e. The molecular formula is C6H6NOS. The lowest BCUT2D eigenvalue weighted by Gasteiger charge is -1.91. The van der Waals surface area contributed by atoms with Gasteiger partial charge >= 0.3 is 0 Å². The number of thiazole rings is 1. The molecule has 1 radical (unpaired) electrons. The molecule has 9 heavy (non-hydrogen) atoms. The van der Waals surface area contributed by atoms with Crippen molar-refractivity contribution in [3.63, 3.8) is 0 Å². The van der Waals surface area contributed by atoms with E-state index >= 15 is 0 Å². The highest BCUT2D eigenvalue weighted by atomic mass is 32.1. The van der Waals surface area contributed by atoms with E-state index in [2.05, 4.69) is 11.6 Å². The maximum atomic E-state index is 4.96. The van der Waals surface area contributed by atoms with Gasteiger partial charge in [0.25, 0.3) is 5.19 Å². The lowest BCUT2D eigenvalue weighted by Crippen LogP contribution is -1.83. The fourth-order valence-electron chi connectivity index (χ4n) is 0.375. The summed E-state index contributed by atoms with van der Waals surface area (Å²) >= 11 is 1.45. The lowest BCUT2D eigenvalue weighted by atomic mass is 10.7. The Morgan fingerprint density at radius 3 is 3.22 bits per heavy atom. The molecule has 1 rings (SSSR count). The van der Waals surface area contributed by atoms with Crippen LogP contribution in [0.25, 0.3) is 0 Å². The second-order valence-corrected chi connectivity index (χ2v) is 2.14. The first-order valence-electron chi connectivity index (χ1n) is 2.44. The Kier molecular flexibility index (Phi) is 2.27. The molecule has 0 aliphatic heterocycles. The topological polar surface area (TPSA) is 22.1 Å². The van der Waals surface area contributed by atoms with Crippen LogP contribution in [0.2, 0.25) is 0 Å². The van der Waals surface area contributed by atoms with Crippen molar-refractivity contribution in [1.29, 1.82) is 0 Å². The second kappa shape index (κ2) is 3.25. The normalized spacial score (nSPS) is 8.89. The number of ether oxygens (including phenoxy) is 1. The Labute approximate surface area is 57.8 Å². The van der Waals surface area contributed by atoms with E-state index in [0.717, 1.165) is 0 Å². The predicted octanol–water partition coefficient (Wildman–Crippen LogP) is 1.87. The number of hydrogen-bond acceptors (Lipinski definition) is 3. The molecule has 0 spiro atoms. The predicted molar refractivity (Wildman–Crippen MR) is 37.2 cm³/mol. The summed E-state index contributed by atoms with van der Waals surface area (Å²) in [5, 5.41) is 2.50. The van der Waals surface area contributed by atoms with Crippen LogP contribution < -0.4 is 4.74 Å². The van der Waals surface area contributed by atoms with Crippen molar-refractivity contribution in [3.8, 4) is 5.19 Å². The maximum Gasteiger partial charge on any atom is 0.273 e. The molecule has 3 heteroatoms. The Morgan fingerprint density at radius 1 is 1.78 bits per heavy atom. The van der Waals surface area contributed by atoms with Crippen LogP contribution in [0.1, 0.15) is 0 Å². The van der Waals surface area contributed by atoms with E-state index in [-0.39, 0.29) is 0 Å². The minimum absolute atomic E-state index is 0.648. The maximum absolute atomic E-state index is 4.96. The minimum atomic E-state index is 0.648. The van der Waals surface area contributed by atoms with Crippen LogP contribution in [0, 0.1) is 6.61 Å². The first kappa shape index (κ1) is 6.29. The van der Waals surface area contributed by atoms with Gasteiger partial charge in [0.05, 0.1) is 0 Å². The third-order valence-corrected chi connectivity index (χ3v) is 1.34. The molecule has 0 bridgehead atoms. The van der Waals surface area contributed by atoms with Gasteiger partial charge in [-0.2, -0.15) is 0 Å². The smallest absolute Gasteiger partial charge is 0.273 e. The van der Waals surface area contributed by atoms with Crippen molar-refractivity contribution in [3.05, 3.63) is 30.8 Å². The molecule has 1 heterocycles. The van der Waals surface area contributed by atoms with Gasteiger partial charge in [-0.1, -0.05) is 17.9 Å². The average molecular weight is 140 g/mol. The molecule has 0 amide bonds. The molecule has 2 nitrogen and oxygen atoms in total. The van der Waals surface area contributed by atoms with Gasteiger partial charge in [0.1, 0.15) is 0 Å². The van der Waals surface area contributed by atoms with Crippen LogP contribution in [0.4, 0.5) is 0 Å². The van der Waals surface area contributed by atoms with E-state index in [9.17, 15) is 0 Å². The van der Waals surface area contributed by atoms with Crippen LogP contribution in [0.5, 0.6) is 5.19 Å². The van der Waals surface area contributed by atoms with E-state index in [0.29, 0.717) is 5.19 Å². The molecule has 1 aromatic rings. The summed E-state index contributed by atoms with van der Waals surface area (Å²) in [6, 6.07) is 0. The molecular weight excluding hydrogens is 134 g/mol. The molecule has 0 aliphatic carbocycles. The SMILES string of the molecule is C=C[CH]Oc1nccs1. The van der Waals surface area contributed by atoms with Gasteiger partial charge in [-0.15, -0.1) is 0 Å². The highest BCUT2D eigenvalue weighted by Crippen LogP contribution is 2.13. The molecule has 0 saturated heterocycles. The summed E-state index contributed by atoms with van der Waals surface area (Å²) < 4.78 is 4.96. The summed E-state index contributed by atoms with van der Waals surface area (Å²) in [7, 11) is 0. The summed E-state index contributed by atoms with van der Waals surface area (Å²) in [5.41, 5.74) is 0. The van der Waals surface area contributed by atoms with Gasteiger partial charge in [0.2, 0.25) is 0 Å². The van der Waals surface area contributed by atoms with Gasteiger partial charge in [-0.3, -0.25) is 0 Å². The number of hydrogen-bond donors (Lipinski definition) is 0. The van der Waals surface area contributed by atoms with Crippen LogP contribution in [0.3, 0.4) is 0 Å². The van der Waals surface area contributed by atoms with Crippen LogP contribution in [0.15, 0.2) is 24.2 Å². The molecule has 0 aliphatic rings. The van der Waals surface area contributed by atoms with Crippen LogP contribution >= 0.6 is 11.3 Å². The van der Waals surface area contributed by atoms with Crippen molar-refractivity contribution in [2.45, 2.75) is 0 Å². The Bertz CT molecular complexity index is 171. The molecule has 0 saturated carbocycles. The monoisotopic (exact) mass is 140 g/mol. The average Bonchev–Trinajstić information content (AvgIpc) is 2.34. The van der Waals surface area contributed by atoms with E-state index in [1.165, 1.54) is 17.9 Å². The van der Waals surface area contributed by atoms with Gasteiger partial charge in [-0.05, 0) is 6.08 Å². The molecule has 0 unspecified atom stereocenters. The minimum Gasteiger partial charge on any atom is -0.458 e. The molecule has 0 atom stereocenters. The van der Waals surface area contributed by atoms with E-state index in [1.807, 2.05) is 5.38 Å². The summed E-state index contributed by atoms with van der Waals surface area (Å²) in [6.07, 6.45) is 3.26. The number of nitrogens with zero attached hydrogens (tertiary/aromatic N) is 1. The quantitative estimate of drug-likeness (QED) is 0.639. The number of rotatable bonds is 3. The zero-order valence-electron chi connectivity index (χ0n) is 4.78. The zero-order chi connectivity index (χ0) is 6.53. The Morgan fingerprint density at radius 2 is 2.67 bits per heavy atom. The molecule has 1 aromatic heterocycles. The second-order valence-electron chi connectivity index (χ2n) is 1.29. The lowest BCUT2D eigenvalue weighted by molar-refractivity contribution is 0.431. The Balaban J connectivity index is 2.38. The van der Waals surface area contributed by atoms with Crippen molar-refractivity contribution in [2.75, 3.05) is 0 Å². The fraction of sp³-hybridized carbons (Fsp3) is 0. The van der Waals surface area contributed by atoms with Crippen molar-refractivity contribution in [2.24, 2.45) is 0 Å². The third kappa shape index (κ3) is 1.85. The van der Waals surface area contributed by atoms with E-state index in [4.69, 9.17) is 4.74 Å². The summed E-state index contributed by atoms with van der Waals surface area (Å²) in [5.74, 6) is 0. The molecule has 0 N–H and O–H groups in total. The zero-order valence-corrected chi connectivity index (χ0v) is 5.60. The highest BCUT2D eigenvalue weighted by molar-refractivity contribution is 7.11. The van der Waals surface area contributed by atoms with Gasteiger partial charge < -0.3 is 4.74 Å². The third-order valence-electron chi connectivity index (χ3n) is 0.675. The van der Waals surface area contributed by atoms with E-state index in [1.54, 1.807) is 12.3 Å². The van der Waals surface area contributed by atoms with Gasteiger partial charge in [-0.25, -0.2) is 4.98 Å². The van der Waals surface area contributed by atoms with Crippen molar-refractivity contribution in [1.82, 2.24) is 4.98 Å². The first-order chi connectivity index (χ1) is 4.43. The van der Waals surface area contributed by atoms with Crippen molar-refractivity contribution < 1.29 is 4.74 Å². The van der Waals surface area contributed by atoms with Crippen molar-refractivity contribution >= 4 is 11.3 Å². The van der Waals surface area contributed by atoms with Gasteiger partial charge in [0.15, 0.2) is 6.61 Å². The fourth-order valence-corrected chi connectivity index (χ4v) is 0.846. The molecule has 0 aromatic carbocycles. The standard InChI is InChI=1S/C6H6NOS/c1-2-4-8-6-7-3-5-9-6/h2-5H,1H2. The van der Waals surface area contributed by atoms with Crippen LogP contribution in [-0.4, -0.2) is 4.98 Å². The molecule has 47 valence electrons. The Hall–Kier alpha value is -0.830. The summed E-state index contributed by atoms with van der Waals surface area (Å²) in [6.45, 7) is 4.96. The van der Waals surface area contributed by atoms with E-state index < -0.39 is 0 Å².